The zero-order chi connectivity index (χ0) is 14.3. The van der Waals surface area contributed by atoms with Crippen LogP contribution in [0, 0.1) is 17.3 Å². The molecule has 0 bridgehead atoms. The van der Waals surface area contributed by atoms with Gasteiger partial charge < -0.3 is 20.4 Å². The molecule has 0 aromatic heterocycles. The average Bonchev–Trinajstić information content (AvgIpc) is 2.82. The number of hydrogen-bond acceptors (Lipinski definition) is 4. The zero-order valence-corrected chi connectivity index (χ0v) is 12.2. The highest BCUT2D eigenvalue weighted by atomic mass is 16.3. The van der Waals surface area contributed by atoms with Crippen LogP contribution < -0.4 is 5.32 Å². The number of nitrogens with one attached hydrogen (secondary N) is 1. The summed E-state index contributed by atoms with van der Waals surface area (Å²) in [5.41, 5.74) is -0.275. The maximum absolute atomic E-state index is 12.8. The van der Waals surface area contributed by atoms with E-state index in [0.29, 0.717) is 24.7 Å². The van der Waals surface area contributed by atoms with Crippen molar-refractivity contribution in [3.8, 4) is 0 Å². The number of aliphatic hydroxyl groups excluding tert-OH is 2. The van der Waals surface area contributed by atoms with Crippen molar-refractivity contribution >= 4 is 5.91 Å². The van der Waals surface area contributed by atoms with Gasteiger partial charge in [0.2, 0.25) is 5.91 Å². The molecule has 0 radical (unpaired) electrons. The lowest BCUT2D eigenvalue weighted by molar-refractivity contribution is -0.141. The summed E-state index contributed by atoms with van der Waals surface area (Å²) in [4.78, 5) is 14.8. The van der Waals surface area contributed by atoms with Crippen molar-refractivity contribution in [3.63, 3.8) is 0 Å². The molecule has 1 aliphatic carbocycles. The smallest absolute Gasteiger partial charge is 0.229 e. The van der Waals surface area contributed by atoms with Gasteiger partial charge in [-0.1, -0.05) is 0 Å². The van der Waals surface area contributed by atoms with Gasteiger partial charge >= 0.3 is 0 Å². The highest BCUT2D eigenvalue weighted by Gasteiger charge is 2.46. The summed E-state index contributed by atoms with van der Waals surface area (Å²) in [6.45, 7) is 5.34. The Labute approximate surface area is 120 Å². The molecule has 3 fully saturated rings. The minimum atomic E-state index is -0.613. The SMILES string of the molecule is C[C@]1(C(=O)N2C[C@H]3C[C@H](O)[C@H](O)C[C@H]3C2)CCCNC1. The molecule has 20 heavy (non-hydrogen) atoms. The van der Waals surface area contributed by atoms with Gasteiger partial charge in [0.1, 0.15) is 0 Å². The predicted molar refractivity (Wildman–Crippen MR) is 75.0 cm³/mol. The normalized spacial score (nSPS) is 45.2. The topological polar surface area (TPSA) is 72.8 Å². The summed E-state index contributed by atoms with van der Waals surface area (Å²) in [6.07, 6.45) is 2.04. The molecule has 0 unspecified atom stereocenters. The van der Waals surface area contributed by atoms with Gasteiger partial charge in [-0.15, -0.1) is 0 Å². The molecule has 0 aromatic rings. The molecule has 3 N–H and O–H groups in total. The average molecular weight is 282 g/mol. The quantitative estimate of drug-likeness (QED) is 0.631. The predicted octanol–water partition coefficient (Wildman–Crippen LogP) is -0.0337. The van der Waals surface area contributed by atoms with Crippen LogP contribution in [-0.2, 0) is 4.79 Å². The van der Waals surface area contributed by atoms with Gasteiger partial charge in [-0.3, -0.25) is 4.79 Å². The third-order valence-corrected chi connectivity index (χ3v) is 5.51. The van der Waals surface area contributed by atoms with E-state index in [9.17, 15) is 15.0 Å². The Balaban J connectivity index is 1.66. The largest absolute Gasteiger partial charge is 0.390 e. The van der Waals surface area contributed by atoms with Crippen LogP contribution in [0.4, 0.5) is 0 Å². The maximum atomic E-state index is 12.8. The third-order valence-electron chi connectivity index (χ3n) is 5.51. The van der Waals surface area contributed by atoms with Gasteiger partial charge in [0.15, 0.2) is 0 Å². The van der Waals surface area contributed by atoms with E-state index in [2.05, 4.69) is 12.2 Å². The molecule has 5 heteroatoms. The highest BCUT2D eigenvalue weighted by molar-refractivity contribution is 5.83. The first-order chi connectivity index (χ1) is 9.49. The lowest BCUT2D eigenvalue weighted by Crippen LogP contribution is -2.49. The molecule has 3 aliphatic rings. The van der Waals surface area contributed by atoms with Crippen molar-refractivity contribution in [1.82, 2.24) is 10.2 Å². The summed E-state index contributed by atoms with van der Waals surface area (Å²) in [6, 6.07) is 0. The number of amides is 1. The number of rotatable bonds is 1. The van der Waals surface area contributed by atoms with Gasteiger partial charge in [0, 0.05) is 19.6 Å². The number of carbonyl (C=O) groups excluding carboxylic acids is 1. The Morgan fingerprint density at radius 2 is 1.80 bits per heavy atom. The molecule has 2 heterocycles. The van der Waals surface area contributed by atoms with E-state index >= 15 is 0 Å². The molecular formula is C15H26N2O3. The second kappa shape index (κ2) is 5.28. The van der Waals surface area contributed by atoms with E-state index in [1.54, 1.807) is 0 Å². The zero-order valence-electron chi connectivity index (χ0n) is 12.2. The van der Waals surface area contributed by atoms with E-state index in [1.165, 1.54) is 0 Å². The van der Waals surface area contributed by atoms with Crippen LogP contribution in [0.5, 0.6) is 0 Å². The van der Waals surface area contributed by atoms with Crippen LogP contribution in [0.15, 0.2) is 0 Å². The number of likely N-dealkylation sites (tertiary alicyclic amines) is 1. The van der Waals surface area contributed by atoms with Gasteiger partial charge in [-0.05, 0) is 51.0 Å². The highest BCUT2D eigenvalue weighted by Crippen LogP contribution is 2.39. The standard InChI is InChI=1S/C15H26N2O3/c1-15(3-2-4-16-9-15)14(20)17-7-10-5-12(18)13(19)6-11(10)8-17/h10-13,16,18-19H,2-9H2,1H3/t10-,11+,12+,13-,15-/m0/s1. The van der Waals surface area contributed by atoms with Crippen molar-refractivity contribution in [2.45, 2.75) is 44.8 Å². The van der Waals surface area contributed by atoms with Crippen LogP contribution in [0.25, 0.3) is 0 Å². The number of aliphatic hydroxyl groups is 2. The van der Waals surface area contributed by atoms with E-state index in [0.717, 1.165) is 39.0 Å². The number of carbonyl (C=O) groups is 1. The molecule has 3 rings (SSSR count). The Bertz CT molecular complexity index is 363. The molecule has 0 aromatic carbocycles. The Kier molecular flexibility index (Phi) is 3.77. The molecule has 1 saturated carbocycles. The second-order valence-corrected chi connectivity index (χ2v) is 7.18. The monoisotopic (exact) mass is 282 g/mol. The second-order valence-electron chi connectivity index (χ2n) is 7.18. The van der Waals surface area contributed by atoms with Crippen LogP contribution >= 0.6 is 0 Å². The van der Waals surface area contributed by atoms with E-state index in [-0.39, 0.29) is 11.3 Å². The van der Waals surface area contributed by atoms with Gasteiger partial charge in [-0.2, -0.15) is 0 Å². The Morgan fingerprint density at radius 3 is 2.30 bits per heavy atom. The van der Waals surface area contributed by atoms with E-state index < -0.39 is 12.2 Å². The first-order valence-electron chi connectivity index (χ1n) is 7.86. The lowest BCUT2D eigenvalue weighted by Gasteiger charge is -2.36. The molecule has 2 saturated heterocycles. The number of piperidine rings is 1. The number of fused-ring (bicyclic) bond motifs is 1. The maximum Gasteiger partial charge on any atom is 0.229 e. The van der Waals surface area contributed by atoms with Crippen molar-refractivity contribution in [1.29, 1.82) is 0 Å². The van der Waals surface area contributed by atoms with Crippen LogP contribution in [0.3, 0.4) is 0 Å². The molecule has 114 valence electrons. The van der Waals surface area contributed by atoms with Gasteiger partial charge in [-0.25, -0.2) is 0 Å². The summed E-state index contributed by atoms with van der Waals surface area (Å²) in [5, 5.41) is 22.9. The minimum absolute atomic E-state index is 0.253. The van der Waals surface area contributed by atoms with E-state index in [1.807, 2.05) is 4.90 Å². The number of hydrogen-bond donors (Lipinski definition) is 3. The Morgan fingerprint density at radius 1 is 1.20 bits per heavy atom. The molecule has 5 atom stereocenters. The fourth-order valence-corrected chi connectivity index (χ4v) is 4.19. The molecular weight excluding hydrogens is 256 g/mol. The molecule has 2 aliphatic heterocycles. The van der Waals surface area contributed by atoms with Gasteiger partial charge in [0.05, 0.1) is 17.6 Å². The Hall–Kier alpha value is -0.650. The fraction of sp³-hybridized carbons (Fsp3) is 0.933. The summed E-state index contributed by atoms with van der Waals surface area (Å²) in [7, 11) is 0. The first kappa shape index (κ1) is 14.3. The molecule has 5 nitrogen and oxygen atoms in total. The molecule has 0 spiro atoms. The number of nitrogens with zero attached hydrogens (tertiary/aromatic N) is 1. The molecule has 1 amide bonds. The van der Waals surface area contributed by atoms with Crippen molar-refractivity contribution < 1.29 is 15.0 Å². The van der Waals surface area contributed by atoms with Crippen molar-refractivity contribution in [2.24, 2.45) is 17.3 Å². The summed E-state index contributed by atoms with van der Waals surface area (Å²) in [5.74, 6) is 0.970. The third kappa shape index (κ3) is 2.47. The van der Waals surface area contributed by atoms with Crippen LogP contribution in [0.2, 0.25) is 0 Å². The van der Waals surface area contributed by atoms with Crippen LogP contribution in [0.1, 0.15) is 32.6 Å². The minimum Gasteiger partial charge on any atom is -0.390 e. The van der Waals surface area contributed by atoms with Gasteiger partial charge in [0.25, 0.3) is 0 Å². The fourth-order valence-electron chi connectivity index (χ4n) is 4.19. The first-order valence-corrected chi connectivity index (χ1v) is 7.86. The summed E-state index contributed by atoms with van der Waals surface area (Å²) < 4.78 is 0. The van der Waals surface area contributed by atoms with E-state index in [4.69, 9.17) is 0 Å². The van der Waals surface area contributed by atoms with Crippen molar-refractivity contribution in [2.75, 3.05) is 26.2 Å². The summed E-state index contributed by atoms with van der Waals surface area (Å²) >= 11 is 0. The van der Waals surface area contributed by atoms with Crippen LogP contribution in [-0.4, -0.2) is 59.4 Å². The lowest BCUT2D eigenvalue weighted by atomic mass is 9.79. The van der Waals surface area contributed by atoms with Crippen molar-refractivity contribution in [3.05, 3.63) is 0 Å².